The third kappa shape index (κ3) is 6.93. The number of aryl methyl sites for hydroxylation is 1. The molecule has 4 atom stereocenters. The van der Waals surface area contributed by atoms with E-state index in [4.69, 9.17) is 4.74 Å². The second-order valence-corrected chi connectivity index (χ2v) is 18.1. The number of carbonyl (C=O) groups excluding carboxylic acids is 1. The van der Waals surface area contributed by atoms with E-state index in [-0.39, 0.29) is 41.3 Å². The number of fused-ring (bicyclic) bond motifs is 2. The fourth-order valence-electron chi connectivity index (χ4n) is 8.21. The first-order valence-corrected chi connectivity index (χ1v) is 19.5. The topological polar surface area (TPSA) is 125 Å². The SMILES string of the molecule is Cc1ccccc1N1CCN(S(=O)(=O)C[C@]23CC[C@H](C[C@@H]2NC(=O)[C@H](CCS(C)(=O)=O)NC2CCOCC2)C3(C)C)CC1. The van der Waals surface area contributed by atoms with Crippen LogP contribution in [-0.2, 0) is 29.4 Å². The highest BCUT2D eigenvalue weighted by atomic mass is 32.2. The second kappa shape index (κ2) is 12.6. The lowest BCUT2D eigenvalue weighted by atomic mass is 9.69. The molecular weight excluding hydrogens is 588 g/mol. The molecule has 2 aliphatic carbocycles. The summed E-state index contributed by atoms with van der Waals surface area (Å²) < 4.78 is 59.3. The third-order valence-electron chi connectivity index (χ3n) is 11.0. The van der Waals surface area contributed by atoms with Crippen molar-refractivity contribution in [2.24, 2.45) is 16.7 Å². The van der Waals surface area contributed by atoms with Crippen molar-refractivity contribution >= 4 is 31.5 Å². The first kappa shape index (κ1) is 32.7. The van der Waals surface area contributed by atoms with Crippen molar-refractivity contribution in [2.75, 3.05) is 62.1 Å². The Kier molecular flexibility index (Phi) is 9.55. The zero-order valence-electron chi connectivity index (χ0n) is 26.2. The van der Waals surface area contributed by atoms with Gasteiger partial charge in [0.05, 0.1) is 17.5 Å². The Labute approximate surface area is 258 Å². The molecule has 5 rings (SSSR count). The number of anilines is 1. The lowest BCUT2D eigenvalue weighted by Crippen LogP contribution is -2.59. The van der Waals surface area contributed by atoms with E-state index in [2.05, 4.69) is 48.4 Å². The highest BCUT2D eigenvalue weighted by molar-refractivity contribution is 7.90. The number of nitrogens with one attached hydrogen (secondary N) is 2. The molecule has 10 nitrogen and oxygen atoms in total. The largest absolute Gasteiger partial charge is 0.381 e. The summed E-state index contributed by atoms with van der Waals surface area (Å²) in [5.41, 5.74) is 1.50. The van der Waals surface area contributed by atoms with E-state index in [1.165, 1.54) is 11.8 Å². The molecule has 0 unspecified atom stereocenters. The van der Waals surface area contributed by atoms with Crippen LogP contribution in [0.4, 0.5) is 5.69 Å². The Morgan fingerprint density at radius 1 is 1.05 bits per heavy atom. The Bertz CT molecular complexity index is 1370. The number of carbonyl (C=O) groups is 1. The highest BCUT2D eigenvalue weighted by Gasteiger charge is 2.66. The maximum Gasteiger partial charge on any atom is 0.237 e. The van der Waals surface area contributed by atoms with Crippen molar-refractivity contribution in [3.63, 3.8) is 0 Å². The highest BCUT2D eigenvalue weighted by Crippen LogP contribution is 2.66. The lowest BCUT2D eigenvalue weighted by molar-refractivity contribution is -0.125. The predicted molar refractivity (Wildman–Crippen MR) is 169 cm³/mol. The van der Waals surface area contributed by atoms with E-state index >= 15 is 0 Å². The van der Waals surface area contributed by atoms with Crippen molar-refractivity contribution in [2.45, 2.75) is 77.4 Å². The van der Waals surface area contributed by atoms with Gasteiger partial charge in [0.25, 0.3) is 0 Å². The van der Waals surface area contributed by atoms with Crippen LogP contribution in [0.5, 0.6) is 0 Å². The number of nitrogens with zero attached hydrogens (tertiary/aromatic N) is 2. The van der Waals surface area contributed by atoms with E-state index < -0.39 is 31.3 Å². The third-order valence-corrected chi connectivity index (χ3v) is 14.0. The molecule has 1 aromatic carbocycles. The molecule has 1 aromatic rings. The normalized spacial score (nSPS) is 29.1. The van der Waals surface area contributed by atoms with Gasteiger partial charge in [0, 0.05) is 68.8 Å². The van der Waals surface area contributed by atoms with E-state index in [1.54, 1.807) is 4.31 Å². The summed E-state index contributed by atoms with van der Waals surface area (Å²) >= 11 is 0. The van der Waals surface area contributed by atoms with Crippen LogP contribution >= 0.6 is 0 Å². The fourth-order valence-corrected chi connectivity index (χ4v) is 11.1. The number of hydrogen-bond donors (Lipinski definition) is 2. The minimum absolute atomic E-state index is 0.0141. The molecular formula is C31H50N4O6S2. The standard InChI is InChI=1S/C31H50N4O6S2/c1-23-7-5-6-8-27(23)34-14-16-35(17-15-34)43(39,40)22-31-13-9-24(30(31,2)3)21-28(31)33-29(36)26(12-20-42(4,37)38)32-25-10-18-41-19-11-25/h5-8,24-26,28,32H,9-22H2,1-4H3,(H,33,36)/t24-,26+,28+,31-/m1/s1. The summed E-state index contributed by atoms with van der Waals surface area (Å²) in [6.45, 7) is 9.80. The summed E-state index contributed by atoms with van der Waals surface area (Å²) in [6.07, 6.45) is 5.34. The number of sulfonamides is 1. The van der Waals surface area contributed by atoms with Gasteiger partial charge in [-0.05, 0) is 68.4 Å². The Morgan fingerprint density at radius 2 is 1.72 bits per heavy atom. The number of ether oxygens (including phenoxy) is 1. The summed E-state index contributed by atoms with van der Waals surface area (Å²) in [7, 11) is -6.85. The van der Waals surface area contributed by atoms with Crippen molar-refractivity contribution in [1.82, 2.24) is 14.9 Å². The molecule has 2 heterocycles. The Morgan fingerprint density at radius 3 is 2.35 bits per heavy atom. The summed E-state index contributed by atoms with van der Waals surface area (Å²) in [6, 6.07) is 7.33. The molecule has 2 bridgehead atoms. The predicted octanol–water partition coefficient (Wildman–Crippen LogP) is 2.33. The minimum atomic E-state index is -3.59. The van der Waals surface area contributed by atoms with Crippen molar-refractivity contribution in [3.8, 4) is 0 Å². The van der Waals surface area contributed by atoms with Gasteiger partial charge in [0.15, 0.2) is 0 Å². The molecule has 242 valence electrons. The molecule has 4 aliphatic rings. The average molecular weight is 639 g/mol. The van der Waals surface area contributed by atoms with Crippen molar-refractivity contribution in [1.29, 1.82) is 0 Å². The van der Waals surface area contributed by atoms with Gasteiger partial charge in [0.2, 0.25) is 15.9 Å². The van der Waals surface area contributed by atoms with E-state index in [9.17, 15) is 21.6 Å². The van der Waals surface area contributed by atoms with Gasteiger partial charge >= 0.3 is 0 Å². The maximum absolute atomic E-state index is 14.1. The van der Waals surface area contributed by atoms with Crippen molar-refractivity contribution in [3.05, 3.63) is 29.8 Å². The van der Waals surface area contributed by atoms with E-state index in [0.717, 1.165) is 37.8 Å². The lowest BCUT2D eigenvalue weighted by Gasteiger charge is -2.45. The molecule has 2 saturated heterocycles. The fraction of sp³-hybridized carbons (Fsp3) is 0.774. The van der Waals surface area contributed by atoms with Crippen LogP contribution in [-0.4, -0.2) is 102 Å². The van der Waals surface area contributed by atoms with Gasteiger partial charge in [-0.25, -0.2) is 16.8 Å². The Hall–Kier alpha value is -1.73. The van der Waals surface area contributed by atoms with E-state index in [0.29, 0.717) is 45.3 Å². The van der Waals surface area contributed by atoms with Gasteiger partial charge in [-0.3, -0.25) is 4.79 Å². The maximum atomic E-state index is 14.1. The van der Waals surface area contributed by atoms with Gasteiger partial charge in [-0.2, -0.15) is 4.31 Å². The summed E-state index contributed by atoms with van der Waals surface area (Å²) in [5.74, 6) is 0.0184. The van der Waals surface area contributed by atoms with Gasteiger partial charge in [-0.1, -0.05) is 32.0 Å². The molecule has 1 amide bonds. The monoisotopic (exact) mass is 638 g/mol. The summed E-state index contributed by atoms with van der Waals surface area (Å²) in [4.78, 5) is 16.1. The molecule has 2 saturated carbocycles. The molecule has 0 spiro atoms. The molecule has 0 aromatic heterocycles. The molecule has 2 aliphatic heterocycles. The molecule has 0 radical (unpaired) electrons. The van der Waals surface area contributed by atoms with Crippen molar-refractivity contribution < 1.29 is 26.4 Å². The zero-order valence-corrected chi connectivity index (χ0v) is 27.8. The number of para-hydroxylation sites is 1. The number of sulfone groups is 1. The molecule has 2 N–H and O–H groups in total. The second-order valence-electron chi connectivity index (χ2n) is 13.9. The number of amides is 1. The van der Waals surface area contributed by atoms with Crippen LogP contribution in [0.1, 0.15) is 57.9 Å². The first-order valence-electron chi connectivity index (χ1n) is 15.8. The number of rotatable bonds is 11. The van der Waals surface area contributed by atoms with Crippen LogP contribution in [0, 0.1) is 23.7 Å². The number of piperazine rings is 1. The van der Waals surface area contributed by atoms with Gasteiger partial charge in [0.1, 0.15) is 9.84 Å². The van der Waals surface area contributed by atoms with Crippen LogP contribution in [0.25, 0.3) is 0 Å². The smallest absolute Gasteiger partial charge is 0.237 e. The number of hydrogen-bond acceptors (Lipinski definition) is 8. The van der Waals surface area contributed by atoms with Gasteiger partial charge in [-0.15, -0.1) is 0 Å². The molecule has 4 fully saturated rings. The molecule has 12 heteroatoms. The minimum Gasteiger partial charge on any atom is -0.381 e. The van der Waals surface area contributed by atoms with Gasteiger partial charge < -0.3 is 20.3 Å². The Balaban J connectivity index is 1.30. The zero-order chi connectivity index (χ0) is 31.0. The average Bonchev–Trinajstić information content (AvgIpc) is 3.30. The number of benzene rings is 1. The van der Waals surface area contributed by atoms with E-state index in [1.807, 2.05) is 12.1 Å². The van der Waals surface area contributed by atoms with Crippen LogP contribution in [0.3, 0.4) is 0 Å². The van der Waals surface area contributed by atoms with Crippen LogP contribution in [0.15, 0.2) is 24.3 Å². The van der Waals surface area contributed by atoms with Crippen LogP contribution in [0.2, 0.25) is 0 Å². The summed E-state index contributed by atoms with van der Waals surface area (Å²) in [5, 5.41) is 6.69. The van der Waals surface area contributed by atoms with Crippen LogP contribution < -0.4 is 15.5 Å². The molecule has 43 heavy (non-hydrogen) atoms. The first-order chi connectivity index (χ1) is 20.2. The quantitative estimate of drug-likeness (QED) is 0.379.